The van der Waals surface area contributed by atoms with E-state index in [0.717, 1.165) is 15.5 Å². The van der Waals surface area contributed by atoms with Gasteiger partial charge in [0.2, 0.25) is 0 Å². The summed E-state index contributed by atoms with van der Waals surface area (Å²) in [5.74, 6) is -0.185. The lowest BCUT2D eigenvalue weighted by Crippen LogP contribution is -2.17. The first kappa shape index (κ1) is 16.2. The largest absolute Gasteiger partial charge is 0.387 e. The summed E-state index contributed by atoms with van der Waals surface area (Å²) >= 11 is 3.30. The summed E-state index contributed by atoms with van der Waals surface area (Å²) in [7, 11) is -3.50. The van der Waals surface area contributed by atoms with E-state index in [9.17, 15) is 13.5 Å². The van der Waals surface area contributed by atoms with Gasteiger partial charge in [-0.25, -0.2) is 13.4 Å². The molecule has 1 aromatic heterocycles. The molecule has 2 aromatic carbocycles. The number of aromatic amines is 1. The molecule has 1 atom stereocenters. The molecule has 0 saturated heterocycles. The Morgan fingerprint density at radius 2 is 1.83 bits per heavy atom. The predicted molar refractivity (Wildman–Crippen MR) is 92.7 cm³/mol. The number of rotatable bonds is 5. The Bertz CT molecular complexity index is 887. The van der Waals surface area contributed by atoms with Gasteiger partial charge in [-0.3, -0.25) is 0 Å². The van der Waals surface area contributed by atoms with E-state index < -0.39 is 15.9 Å². The predicted octanol–water partition coefficient (Wildman–Crippen LogP) is 2.97. The summed E-state index contributed by atoms with van der Waals surface area (Å²) in [5, 5.41) is 10.1. The number of aliphatic hydroxyl groups excluding tert-OH is 1. The molecule has 1 heterocycles. The number of hydrogen-bond acceptors (Lipinski definition) is 4. The van der Waals surface area contributed by atoms with Crippen molar-refractivity contribution in [1.82, 2.24) is 9.97 Å². The van der Waals surface area contributed by atoms with Crippen molar-refractivity contribution >= 4 is 36.8 Å². The first-order valence-corrected chi connectivity index (χ1v) is 9.62. The molecule has 0 aliphatic heterocycles. The molecule has 0 radical (unpaired) electrons. The number of para-hydroxylation sites is 2. The Hall–Kier alpha value is -1.70. The lowest BCUT2D eigenvalue weighted by atomic mass is 10.1. The van der Waals surface area contributed by atoms with E-state index in [1.165, 1.54) is 0 Å². The Kier molecular flexibility index (Phi) is 4.52. The number of halogens is 1. The molecule has 5 nitrogen and oxygen atoms in total. The number of benzene rings is 2. The van der Waals surface area contributed by atoms with Crippen molar-refractivity contribution in [2.24, 2.45) is 0 Å². The number of imidazole rings is 1. The van der Waals surface area contributed by atoms with Crippen LogP contribution in [0.15, 0.2) is 53.0 Å². The molecule has 7 heteroatoms. The van der Waals surface area contributed by atoms with Gasteiger partial charge in [0.25, 0.3) is 0 Å². The van der Waals surface area contributed by atoms with E-state index in [1.807, 2.05) is 24.3 Å². The lowest BCUT2D eigenvalue weighted by Gasteiger charge is -2.11. The van der Waals surface area contributed by atoms with Crippen LogP contribution in [0.25, 0.3) is 11.0 Å². The minimum Gasteiger partial charge on any atom is -0.387 e. The molecule has 0 amide bonds. The summed E-state index contributed by atoms with van der Waals surface area (Å²) in [5.41, 5.74) is 2.10. The summed E-state index contributed by atoms with van der Waals surface area (Å²) in [6.45, 7) is 0. The minimum absolute atomic E-state index is 0.227. The van der Waals surface area contributed by atoms with Gasteiger partial charge in [0.1, 0.15) is 11.6 Å². The van der Waals surface area contributed by atoms with Gasteiger partial charge in [0.05, 0.1) is 22.9 Å². The fraction of sp³-hybridized carbons (Fsp3) is 0.188. The van der Waals surface area contributed by atoms with Crippen molar-refractivity contribution in [3.8, 4) is 0 Å². The maximum atomic E-state index is 12.3. The molecule has 0 aliphatic rings. The normalized spacial score (nSPS) is 13.3. The molecule has 0 aliphatic carbocycles. The van der Waals surface area contributed by atoms with Crippen LogP contribution in [0.2, 0.25) is 0 Å². The zero-order valence-electron chi connectivity index (χ0n) is 12.1. The summed E-state index contributed by atoms with van der Waals surface area (Å²) in [6, 6.07) is 14.3. The first-order valence-electron chi connectivity index (χ1n) is 7.00. The number of hydrogen-bond donors (Lipinski definition) is 2. The lowest BCUT2D eigenvalue weighted by molar-refractivity contribution is 0.201. The Labute approximate surface area is 142 Å². The number of fused-ring (bicyclic) bond motifs is 1. The van der Waals surface area contributed by atoms with Crippen molar-refractivity contribution in [2.75, 3.05) is 5.75 Å². The van der Waals surface area contributed by atoms with Crippen molar-refractivity contribution in [3.05, 3.63) is 64.4 Å². The van der Waals surface area contributed by atoms with Gasteiger partial charge in [-0.1, -0.05) is 40.2 Å². The number of nitrogens with one attached hydrogen (secondary N) is 1. The maximum Gasteiger partial charge on any atom is 0.160 e. The van der Waals surface area contributed by atoms with Crippen LogP contribution in [0, 0.1) is 0 Å². The van der Waals surface area contributed by atoms with E-state index >= 15 is 0 Å². The Balaban J connectivity index is 1.74. The molecular formula is C16H15BrN2O3S. The van der Waals surface area contributed by atoms with E-state index in [0.29, 0.717) is 11.4 Å². The summed E-state index contributed by atoms with van der Waals surface area (Å²) in [6.07, 6.45) is -1.06. The van der Waals surface area contributed by atoms with Gasteiger partial charge in [0.15, 0.2) is 9.84 Å². The molecule has 3 aromatic rings. The second-order valence-electron chi connectivity index (χ2n) is 5.32. The molecular weight excluding hydrogens is 380 g/mol. The van der Waals surface area contributed by atoms with Crippen LogP contribution in [0.1, 0.15) is 17.5 Å². The van der Waals surface area contributed by atoms with Crippen molar-refractivity contribution in [2.45, 2.75) is 11.9 Å². The molecule has 23 heavy (non-hydrogen) atoms. The molecule has 3 rings (SSSR count). The highest BCUT2D eigenvalue weighted by molar-refractivity contribution is 9.10. The van der Waals surface area contributed by atoms with Gasteiger partial charge in [0, 0.05) is 4.47 Å². The molecule has 0 saturated carbocycles. The average Bonchev–Trinajstić information content (AvgIpc) is 2.88. The number of sulfone groups is 1. The van der Waals surface area contributed by atoms with Gasteiger partial charge < -0.3 is 10.1 Å². The number of nitrogens with zero attached hydrogens (tertiary/aromatic N) is 1. The third-order valence-corrected chi connectivity index (χ3v) is 5.53. The zero-order valence-corrected chi connectivity index (χ0v) is 14.5. The Morgan fingerprint density at radius 1 is 1.13 bits per heavy atom. The zero-order chi connectivity index (χ0) is 16.4. The van der Waals surface area contributed by atoms with Crippen LogP contribution < -0.4 is 0 Å². The van der Waals surface area contributed by atoms with E-state index in [4.69, 9.17) is 0 Å². The average molecular weight is 395 g/mol. The Morgan fingerprint density at radius 3 is 2.52 bits per heavy atom. The van der Waals surface area contributed by atoms with E-state index in [2.05, 4.69) is 25.9 Å². The molecule has 1 unspecified atom stereocenters. The standard InChI is InChI=1S/C16H15BrN2O3S/c17-12-7-5-11(6-8-12)15(20)9-23(21,22)10-16-18-13-3-1-2-4-14(13)19-16/h1-8,15,20H,9-10H2,(H,18,19). The van der Waals surface area contributed by atoms with E-state index in [-0.39, 0.29) is 11.5 Å². The topological polar surface area (TPSA) is 83.0 Å². The van der Waals surface area contributed by atoms with Crippen LogP contribution in [0.4, 0.5) is 0 Å². The van der Waals surface area contributed by atoms with Crippen LogP contribution in [0.3, 0.4) is 0 Å². The van der Waals surface area contributed by atoms with Crippen molar-refractivity contribution in [1.29, 1.82) is 0 Å². The van der Waals surface area contributed by atoms with Crippen molar-refractivity contribution in [3.63, 3.8) is 0 Å². The maximum absolute atomic E-state index is 12.3. The highest BCUT2D eigenvalue weighted by Gasteiger charge is 2.21. The molecule has 0 spiro atoms. The van der Waals surface area contributed by atoms with Gasteiger partial charge in [-0.15, -0.1) is 0 Å². The van der Waals surface area contributed by atoms with Crippen LogP contribution >= 0.6 is 15.9 Å². The second-order valence-corrected chi connectivity index (χ2v) is 8.35. The van der Waals surface area contributed by atoms with Crippen LogP contribution in [-0.2, 0) is 15.6 Å². The second kappa shape index (κ2) is 6.43. The number of aliphatic hydroxyl groups is 1. The minimum atomic E-state index is -3.50. The van der Waals surface area contributed by atoms with Crippen LogP contribution in [-0.4, -0.2) is 29.2 Å². The van der Waals surface area contributed by atoms with Gasteiger partial charge >= 0.3 is 0 Å². The molecule has 0 fully saturated rings. The quantitative estimate of drug-likeness (QED) is 0.696. The first-order chi connectivity index (χ1) is 10.9. The smallest absolute Gasteiger partial charge is 0.160 e. The fourth-order valence-electron chi connectivity index (χ4n) is 2.36. The van der Waals surface area contributed by atoms with E-state index in [1.54, 1.807) is 24.3 Å². The third-order valence-electron chi connectivity index (χ3n) is 3.46. The number of H-pyrrole nitrogens is 1. The third kappa shape index (κ3) is 3.99. The molecule has 0 bridgehead atoms. The highest BCUT2D eigenvalue weighted by atomic mass is 79.9. The molecule has 120 valence electrons. The SMILES string of the molecule is O=S(=O)(Cc1nc2ccccc2[nH]1)CC(O)c1ccc(Br)cc1. The monoisotopic (exact) mass is 394 g/mol. The van der Waals surface area contributed by atoms with Crippen molar-refractivity contribution < 1.29 is 13.5 Å². The molecule has 2 N–H and O–H groups in total. The van der Waals surface area contributed by atoms with Gasteiger partial charge in [-0.2, -0.15) is 0 Å². The summed E-state index contributed by atoms with van der Waals surface area (Å²) in [4.78, 5) is 7.26. The summed E-state index contributed by atoms with van der Waals surface area (Å²) < 4.78 is 25.5. The highest BCUT2D eigenvalue weighted by Crippen LogP contribution is 2.20. The van der Waals surface area contributed by atoms with Crippen LogP contribution in [0.5, 0.6) is 0 Å². The fourth-order valence-corrected chi connectivity index (χ4v) is 3.97. The number of aromatic nitrogens is 2. The van der Waals surface area contributed by atoms with Gasteiger partial charge in [-0.05, 0) is 29.8 Å².